The van der Waals surface area contributed by atoms with E-state index in [4.69, 9.17) is 4.74 Å². The monoisotopic (exact) mass is 277 g/mol. The maximum atomic E-state index is 12.0. The lowest BCUT2D eigenvalue weighted by atomic mass is 10.0. The van der Waals surface area contributed by atoms with Gasteiger partial charge in [-0.05, 0) is 37.6 Å². The summed E-state index contributed by atoms with van der Waals surface area (Å²) < 4.78 is 44.9. The van der Waals surface area contributed by atoms with E-state index in [1.807, 2.05) is 7.05 Å². The summed E-state index contributed by atoms with van der Waals surface area (Å²) in [6.45, 7) is 0.660. The van der Waals surface area contributed by atoms with Crippen molar-refractivity contribution in [1.29, 1.82) is 0 Å². The molecule has 1 atom stereocenters. The van der Waals surface area contributed by atoms with E-state index < -0.39 is 6.36 Å². The highest BCUT2D eigenvalue weighted by molar-refractivity contribution is 5.29. The lowest BCUT2D eigenvalue weighted by Crippen LogP contribution is -2.18. The Labute approximate surface area is 110 Å². The Balaban J connectivity index is 2.62. The molecule has 1 N–H and O–H groups in total. The highest BCUT2D eigenvalue weighted by Gasteiger charge is 2.31. The molecule has 0 bridgehead atoms. The quantitative estimate of drug-likeness (QED) is 0.776. The van der Waals surface area contributed by atoms with Crippen LogP contribution in [-0.2, 0) is 4.74 Å². The minimum atomic E-state index is -4.65. The predicted octanol–water partition coefficient (Wildman–Crippen LogP) is 3.27. The zero-order valence-electron chi connectivity index (χ0n) is 11.0. The van der Waals surface area contributed by atoms with Crippen LogP contribution in [0.3, 0.4) is 0 Å². The van der Waals surface area contributed by atoms with Crippen LogP contribution in [0.1, 0.15) is 24.4 Å². The first kappa shape index (κ1) is 15.8. The smallest absolute Gasteiger partial charge is 0.406 e. The van der Waals surface area contributed by atoms with Crippen LogP contribution in [0.2, 0.25) is 0 Å². The predicted molar refractivity (Wildman–Crippen MR) is 66.0 cm³/mol. The molecule has 0 radical (unpaired) electrons. The van der Waals surface area contributed by atoms with Gasteiger partial charge in [-0.1, -0.05) is 12.1 Å². The van der Waals surface area contributed by atoms with Crippen molar-refractivity contribution in [2.75, 3.05) is 20.8 Å². The van der Waals surface area contributed by atoms with Crippen LogP contribution in [0, 0.1) is 0 Å². The number of nitrogens with one attached hydrogen (secondary N) is 1. The number of benzene rings is 1. The molecule has 0 heterocycles. The molecule has 0 aromatic heterocycles. The molecule has 6 heteroatoms. The van der Waals surface area contributed by atoms with E-state index in [0.717, 1.165) is 18.4 Å². The highest BCUT2D eigenvalue weighted by atomic mass is 19.4. The summed E-state index contributed by atoms with van der Waals surface area (Å²) in [6, 6.07) is 6.01. The summed E-state index contributed by atoms with van der Waals surface area (Å²) in [6.07, 6.45) is -2.92. The van der Waals surface area contributed by atoms with Gasteiger partial charge in [-0.25, -0.2) is 0 Å². The van der Waals surface area contributed by atoms with Crippen molar-refractivity contribution in [2.45, 2.75) is 25.2 Å². The van der Waals surface area contributed by atoms with E-state index in [1.54, 1.807) is 19.2 Å². The molecule has 0 aliphatic rings. The van der Waals surface area contributed by atoms with Crippen molar-refractivity contribution in [3.63, 3.8) is 0 Å². The van der Waals surface area contributed by atoms with E-state index in [0.29, 0.717) is 6.61 Å². The third kappa shape index (κ3) is 5.94. The lowest BCUT2D eigenvalue weighted by Gasteiger charge is -2.17. The molecule has 0 aliphatic carbocycles. The molecule has 0 saturated carbocycles. The van der Waals surface area contributed by atoms with E-state index in [9.17, 15) is 13.2 Å². The van der Waals surface area contributed by atoms with Crippen molar-refractivity contribution in [2.24, 2.45) is 0 Å². The molecule has 0 fully saturated rings. The van der Waals surface area contributed by atoms with Gasteiger partial charge in [0.15, 0.2) is 0 Å². The summed E-state index contributed by atoms with van der Waals surface area (Å²) in [5.41, 5.74) is 0.924. The van der Waals surface area contributed by atoms with Crippen LogP contribution >= 0.6 is 0 Å². The first-order valence-electron chi connectivity index (χ1n) is 5.98. The molecule has 1 aromatic rings. The molecule has 0 spiro atoms. The third-order valence-corrected chi connectivity index (χ3v) is 2.71. The molecule has 1 rings (SSSR count). The number of ether oxygens (including phenoxy) is 2. The number of hydrogen-bond acceptors (Lipinski definition) is 3. The van der Waals surface area contributed by atoms with Gasteiger partial charge < -0.3 is 14.8 Å². The van der Waals surface area contributed by atoms with Gasteiger partial charge >= 0.3 is 6.36 Å². The zero-order chi connectivity index (χ0) is 14.3. The number of methoxy groups -OCH3 is 1. The molecule has 1 unspecified atom stereocenters. The van der Waals surface area contributed by atoms with E-state index in [1.165, 1.54) is 12.1 Å². The SMILES string of the molecule is CNC(CCCOC)c1ccc(OC(F)(F)F)cc1. The first-order valence-corrected chi connectivity index (χ1v) is 5.98. The van der Waals surface area contributed by atoms with Crippen molar-refractivity contribution >= 4 is 0 Å². The Morgan fingerprint density at radius 1 is 1.21 bits per heavy atom. The topological polar surface area (TPSA) is 30.5 Å². The third-order valence-electron chi connectivity index (χ3n) is 2.71. The molecule has 1 aromatic carbocycles. The van der Waals surface area contributed by atoms with Gasteiger partial charge in [0.25, 0.3) is 0 Å². The zero-order valence-corrected chi connectivity index (χ0v) is 11.0. The van der Waals surface area contributed by atoms with Gasteiger partial charge in [0.2, 0.25) is 0 Å². The average molecular weight is 277 g/mol. The minimum absolute atomic E-state index is 0.0927. The molecule has 0 amide bonds. The van der Waals surface area contributed by atoms with Crippen LogP contribution in [0.5, 0.6) is 5.75 Å². The van der Waals surface area contributed by atoms with Gasteiger partial charge in [0.05, 0.1) is 0 Å². The molecular weight excluding hydrogens is 259 g/mol. The molecule has 19 heavy (non-hydrogen) atoms. The summed E-state index contributed by atoms with van der Waals surface area (Å²) in [5.74, 6) is -0.206. The van der Waals surface area contributed by atoms with Crippen molar-refractivity contribution < 1.29 is 22.6 Å². The van der Waals surface area contributed by atoms with E-state index >= 15 is 0 Å². The summed E-state index contributed by atoms with van der Waals surface area (Å²) in [5, 5.41) is 3.13. The van der Waals surface area contributed by atoms with Crippen molar-refractivity contribution in [1.82, 2.24) is 5.32 Å². The van der Waals surface area contributed by atoms with Crippen LogP contribution in [0.15, 0.2) is 24.3 Å². The van der Waals surface area contributed by atoms with Crippen molar-refractivity contribution in [3.05, 3.63) is 29.8 Å². The molecule has 3 nitrogen and oxygen atoms in total. The number of hydrogen-bond donors (Lipinski definition) is 1. The minimum Gasteiger partial charge on any atom is -0.406 e. The molecule has 0 aliphatic heterocycles. The lowest BCUT2D eigenvalue weighted by molar-refractivity contribution is -0.274. The Morgan fingerprint density at radius 3 is 2.32 bits per heavy atom. The van der Waals surface area contributed by atoms with Gasteiger partial charge in [-0.2, -0.15) is 0 Å². The Bertz CT molecular complexity index is 365. The van der Waals surface area contributed by atoms with Crippen molar-refractivity contribution in [3.8, 4) is 5.75 Å². The number of rotatable bonds is 7. The maximum Gasteiger partial charge on any atom is 0.573 e. The van der Waals surface area contributed by atoms with Crippen LogP contribution in [0.4, 0.5) is 13.2 Å². The van der Waals surface area contributed by atoms with E-state index in [2.05, 4.69) is 10.1 Å². The second-order valence-corrected chi connectivity index (χ2v) is 4.09. The normalized spacial score (nSPS) is 13.3. The first-order chi connectivity index (χ1) is 8.96. The number of alkyl halides is 3. The highest BCUT2D eigenvalue weighted by Crippen LogP contribution is 2.25. The maximum absolute atomic E-state index is 12.0. The van der Waals surface area contributed by atoms with Crippen LogP contribution in [-0.4, -0.2) is 27.1 Å². The van der Waals surface area contributed by atoms with Gasteiger partial charge in [0, 0.05) is 19.8 Å². The van der Waals surface area contributed by atoms with Crippen LogP contribution < -0.4 is 10.1 Å². The van der Waals surface area contributed by atoms with Gasteiger partial charge in [-0.15, -0.1) is 13.2 Å². The second-order valence-electron chi connectivity index (χ2n) is 4.09. The Morgan fingerprint density at radius 2 is 1.84 bits per heavy atom. The molecular formula is C13H18F3NO2. The Kier molecular flexibility index (Phi) is 6.11. The average Bonchev–Trinajstić information content (AvgIpc) is 2.34. The molecule has 108 valence electrons. The summed E-state index contributed by atoms with van der Waals surface area (Å²) in [4.78, 5) is 0. The van der Waals surface area contributed by atoms with E-state index in [-0.39, 0.29) is 11.8 Å². The summed E-state index contributed by atoms with van der Waals surface area (Å²) >= 11 is 0. The summed E-state index contributed by atoms with van der Waals surface area (Å²) in [7, 11) is 3.45. The second kappa shape index (κ2) is 7.35. The largest absolute Gasteiger partial charge is 0.573 e. The van der Waals surface area contributed by atoms with Gasteiger partial charge in [-0.3, -0.25) is 0 Å². The fraction of sp³-hybridized carbons (Fsp3) is 0.538. The van der Waals surface area contributed by atoms with Gasteiger partial charge in [0.1, 0.15) is 5.75 Å². The standard InChI is InChI=1S/C13H18F3NO2/c1-17-12(4-3-9-18-2)10-5-7-11(8-6-10)19-13(14,15)16/h5-8,12,17H,3-4,9H2,1-2H3. The fourth-order valence-corrected chi connectivity index (χ4v) is 1.81. The fourth-order valence-electron chi connectivity index (χ4n) is 1.81. The van der Waals surface area contributed by atoms with Crippen LogP contribution in [0.25, 0.3) is 0 Å². The Hall–Kier alpha value is -1.27. The number of halogens is 3. The molecule has 0 saturated heterocycles.